The largest absolute Gasteiger partial charge is 0.488 e. The Bertz CT molecular complexity index is 1100. The van der Waals surface area contributed by atoms with Crippen LogP contribution >= 0.6 is 11.6 Å². The quantitative estimate of drug-likeness (QED) is 0.437. The zero-order chi connectivity index (χ0) is 21.0. The van der Waals surface area contributed by atoms with Crippen LogP contribution in [-0.4, -0.2) is 32.1 Å². The van der Waals surface area contributed by atoms with Gasteiger partial charge in [-0.1, -0.05) is 22.8 Å². The Morgan fingerprint density at radius 2 is 2.03 bits per heavy atom. The summed E-state index contributed by atoms with van der Waals surface area (Å²) in [5, 5.41) is 12.2. The van der Waals surface area contributed by atoms with Crippen molar-refractivity contribution < 1.29 is 9.57 Å². The highest BCUT2D eigenvalue weighted by Gasteiger charge is 2.15. The third-order valence-corrected chi connectivity index (χ3v) is 4.69. The third kappa shape index (κ3) is 4.48. The van der Waals surface area contributed by atoms with Gasteiger partial charge >= 0.3 is 5.69 Å². The Morgan fingerprint density at radius 1 is 1.24 bits per heavy atom. The molecule has 0 aliphatic rings. The van der Waals surface area contributed by atoms with E-state index in [1.165, 1.54) is 11.7 Å². The summed E-state index contributed by atoms with van der Waals surface area (Å²) in [6.45, 7) is 6.42. The molecule has 152 valence electrons. The van der Waals surface area contributed by atoms with E-state index in [0.29, 0.717) is 28.6 Å². The summed E-state index contributed by atoms with van der Waals surface area (Å²) < 4.78 is 8.36. The smallest absolute Gasteiger partial charge is 0.368 e. The van der Waals surface area contributed by atoms with Crippen LogP contribution < -0.4 is 10.4 Å². The third-order valence-electron chi connectivity index (χ3n) is 4.34. The lowest BCUT2D eigenvalue weighted by molar-refractivity contribution is 0.159. The van der Waals surface area contributed by atoms with Gasteiger partial charge in [-0.15, -0.1) is 0 Å². The van der Waals surface area contributed by atoms with Crippen molar-refractivity contribution >= 4 is 17.3 Å². The van der Waals surface area contributed by atoms with Crippen LogP contribution in [0, 0.1) is 6.92 Å². The average molecular weight is 416 g/mol. The molecule has 0 unspecified atom stereocenters. The lowest BCUT2D eigenvalue weighted by Gasteiger charge is -2.14. The minimum atomic E-state index is -0.363. The molecule has 3 rings (SSSR count). The van der Waals surface area contributed by atoms with Crippen LogP contribution in [0.1, 0.15) is 30.5 Å². The first-order valence-electron chi connectivity index (χ1n) is 9.09. The Balaban J connectivity index is 1.86. The maximum absolute atomic E-state index is 12.2. The fourth-order valence-electron chi connectivity index (χ4n) is 2.75. The number of ether oxygens (including phenoxy) is 1. The molecule has 0 saturated carbocycles. The van der Waals surface area contributed by atoms with E-state index in [2.05, 4.69) is 15.6 Å². The van der Waals surface area contributed by atoms with Crippen LogP contribution in [0.25, 0.3) is 5.69 Å². The van der Waals surface area contributed by atoms with Gasteiger partial charge in [0, 0.05) is 17.6 Å². The standard InChI is InChI=1S/C20H22ClN5O3/c1-5-29-22-14(3)15-9-10-19(13(2)11-15)28-12-16-17(21)7-6-8-18(16)26-20(27)25(4)23-24-26/h6-11H,5,12H2,1-4H3. The minimum absolute atomic E-state index is 0.171. The zero-order valence-corrected chi connectivity index (χ0v) is 17.5. The second-order valence-electron chi connectivity index (χ2n) is 6.40. The minimum Gasteiger partial charge on any atom is -0.488 e. The Hall–Kier alpha value is -3.13. The van der Waals surface area contributed by atoms with Crippen LogP contribution in [-0.2, 0) is 18.5 Å². The fourth-order valence-corrected chi connectivity index (χ4v) is 2.98. The Kier molecular flexibility index (Phi) is 6.33. The second kappa shape index (κ2) is 8.91. The molecular weight excluding hydrogens is 394 g/mol. The number of aromatic nitrogens is 4. The molecule has 0 amide bonds. The van der Waals surface area contributed by atoms with Crippen molar-refractivity contribution in [1.29, 1.82) is 0 Å². The summed E-state index contributed by atoms with van der Waals surface area (Å²) in [7, 11) is 1.54. The van der Waals surface area contributed by atoms with Crippen molar-refractivity contribution in [2.75, 3.05) is 6.61 Å². The van der Waals surface area contributed by atoms with Gasteiger partial charge in [0.2, 0.25) is 0 Å². The van der Waals surface area contributed by atoms with E-state index >= 15 is 0 Å². The molecular formula is C20H22ClN5O3. The predicted octanol–water partition coefficient (Wildman–Crippen LogP) is 3.27. The number of rotatable bonds is 7. The van der Waals surface area contributed by atoms with Crippen molar-refractivity contribution in [2.24, 2.45) is 12.2 Å². The number of benzene rings is 2. The average Bonchev–Trinajstić information content (AvgIpc) is 3.04. The lowest BCUT2D eigenvalue weighted by Crippen LogP contribution is -2.23. The first kappa shape index (κ1) is 20.6. The highest BCUT2D eigenvalue weighted by atomic mass is 35.5. The molecule has 9 heteroatoms. The van der Waals surface area contributed by atoms with E-state index in [0.717, 1.165) is 21.5 Å². The molecule has 0 saturated heterocycles. The molecule has 29 heavy (non-hydrogen) atoms. The molecule has 0 atom stereocenters. The van der Waals surface area contributed by atoms with Crippen LogP contribution in [0.4, 0.5) is 0 Å². The molecule has 2 aromatic carbocycles. The van der Waals surface area contributed by atoms with Gasteiger partial charge in [-0.2, -0.15) is 9.36 Å². The highest BCUT2D eigenvalue weighted by Crippen LogP contribution is 2.26. The van der Waals surface area contributed by atoms with E-state index in [1.807, 2.05) is 39.0 Å². The van der Waals surface area contributed by atoms with E-state index in [-0.39, 0.29) is 12.3 Å². The molecule has 0 fully saturated rings. The molecule has 0 spiro atoms. The van der Waals surface area contributed by atoms with Gasteiger partial charge in [-0.05, 0) is 72.7 Å². The van der Waals surface area contributed by atoms with Crippen molar-refractivity contribution in [3.8, 4) is 11.4 Å². The summed E-state index contributed by atoms with van der Waals surface area (Å²) in [5.74, 6) is 0.704. The normalized spacial score (nSPS) is 11.6. The highest BCUT2D eigenvalue weighted by molar-refractivity contribution is 6.31. The number of hydrogen-bond acceptors (Lipinski definition) is 6. The van der Waals surface area contributed by atoms with Gasteiger partial charge in [-0.3, -0.25) is 0 Å². The second-order valence-corrected chi connectivity index (χ2v) is 6.81. The van der Waals surface area contributed by atoms with Crippen molar-refractivity contribution in [3.63, 3.8) is 0 Å². The summed E-state index contributed by atoms with van der Waals surface area (Å²) in [6.07, 6.45) is 0. The molecule has 0 bridgehead atoms. The summed E-state index contributed by atoms with van der Waals surface area (Å²) in [6, 6.07) is 11.0. The summed E-state index contributed by atoms with van der Waals surface area (Å²) in [5.41, 5.74) is 3.50. The molecule has 3 aromatic rings. The first-order chi connectivity index (χ1) is 13.9. The van der Waals surface area contributed by atoms with Gasteiger partial charge in [0.15, 0.2) is 0 Å². The number of tetrazole rings is 1. The summed E-state index contributed by atoms with van der Waals surface area (Å²) in [4.78, 5) is 17.3. The van der Waals surface area contributed by atoms with Gasteiger partial charge in [0.25, 0.3) is 0 Å². The fraction of sp³-hybridized carbons (Fsp3) is 0.300. The van der Waals surface area contributed by atoms with Crippen molar-refractivity contribution in [3.05, 3.63) is 68.6 Å². The first-order valence-corrected chi connectivity index (χ1v) is 9.47. The van der Waals surface area contributed by atoms with Gasteiger partial charge < -0.3 is 9.57 Å². The molecule has 0 N–H and O–H groups in total. The number of oxime groups is 1. The number of aryl methyl sites for hydroxylation is 2. The molecule has 0 aliphatic carbocycles. The number of hydrogen-bond donors (Lipinski definition) is 0. The Morgan fingerprint density at radius 3 is 2.69 bits per heavy atom. The van der Waals surface area contributed by atoms with Crippen LogP contribution in [0.15, 0.2) is 46.3 Å². The predicted molar refractivity (Wildman–Crippen MR) is 111 cm³/mol. The number of nitrogens with zero attached hydrogens (tertiary/aromatic N) is 5. The molecule has 0 aliphatic heterocycles. The topological polar surface area (TPSA) is 83.5 Å². The van der Waals surface area contributed by atoms with E-state index in [4.69, 9.17) is 21.2 Å². The van der Waals surface area contributed by atoms with E-state index in [9.17, 15) is 4.79 Å². The van der Waals surface area contributed by atoms with E-state index in [1.54, 1.807) is 18.2 Å². The summed E-state index contributed by atoms with van der Waals surface area (Å²) >= 11 is 6.38. The maximum Gasteiger partial charge on any atom is 0.368 e. The van der Waals surface area contributed by atoms with Gasteiger partial charge in [0.1, 0.15) is 19.0 Å². The zero-order valence-electron chi connectivity index (χ0n) is 16.7. The van der Waals surface area contributed by atoms with Crippen LogP contribution in [0.2, 0.25) is 5.02 Å². The van der Waals surface area contributed by atoms with Crippen molar-refractivity contribution in [2.45, 2.75) is 27.4 Å². The van der Waals surface area contributed by atoms with Crippen LogP contribution in [0.3, 0.4) is 0 Å². The van der Waals surface area contributed by atoms with Gasteiger partial charge in [0.05, 0.1) is 11.4 Å². The van der Waals surface area contributed by atoms with Crippen LogP contribution in [0.5, 0.6) is 5.75 Å². The van der Waals surface area contributed by atoms with Gasteiger partial charge in [-0.25, -0.2) is 4.79 Å². The molecule has 8 nitrogen and oxygen atoms in total. The molecule has 0 radical (unpaired) electrons. The van der Waals surface area contributed by atoms with E-state index < -0.39 is 0 Å². The lowest BCUT2D eigenvalue weighted by atomic mass is 10.1. The molecule has 1 heterocycles. The molecule has 1 aromatic heterocycles. The number of halogens is 1. The SMILES string of the molecule is CCON=C(C)c1ccc(OCc2c(Cl)cccc2-n2nnn(C)c2=O)c(C)c1. The Labute approximate surface area is 173 Å². The van der Waals surface area contributed by atoms with Crippen molar-refractivity contribution in [1.82, 2.24) is 19.8 Å². The maximum atomic E-state index is 12.2. The monoisotopic (exact) mass is 415 g/mol.